The molecule has 0 aromatic heterocycles. The molecule has 1 aliphatic heterocycles. The van der Waals surface area contributed by atoms with Gasteiger partial charge in [0.15, 0.2) is 5.76 Å². The standard InChI is InChI=1S/C23H16BrClO3/c1-14-9-18(27-13-15-5-4-7-17(25)10-15)12-20-22(14)23(26)21(28-20)11-16-6-2-3-8-19(16)24/h2-12H,13H2,1H3/b21-11-. The van der Waals surface area contributed by atoms with E-state index in [0.29, 0.717) is 34.5 Å². The van der Waals surface area contributed by atoms with Crippen LogP contribution in [0.5, 0.6) is 11.5 Å². The third-order valence-electron chi connectivity index (χ3n) is 4.43. The zero-order chi connectivity index (χ0) is 19.7. The Morgan fingerprint density at radius 2 is 1.93 bits per heavy atom. The van der Waals surface area contributed by atoms with Crippen LogP contribution in [0.15, 0.2) is 70.9 Å². The minimum absolute atomic E-state index is 0.121. The van der Waals surface area contributed by atoms with Gasteiger partial charge in [-0.15, -0.1) is 0 Å². The largest absolute Gasteiger partial charge is 0.489 e. The SMILES string of the molecule is Cc1cc(OCc2cccc(Cl)c2)cc2c1C(=O)/C(=C/c1ccccc1Br)O2. The van der Waals surface area contributed by atoms with Crippen LogP contribution >= 0.6 is 27.5 Å². The molecule has 3 nitrogen and oxygen atoms in total. The molecule has 0 bridgehead atoms. The molecule has 1 heterocycles. The lowest BCUT2D eigenvalue weighted by atomic mass is 10.0. The molecule has 3 aromatic rings. The number of fused-ring (bicyclic) bond motifs is 1. The van der Waals surface area contributed by atoms with Gasteiger partial charge in [0.05, 0.1) is 5.56 Å². The Bertz CT molecular complexity index is 1100. The van der Waals surface area contributed by atoms with Crippen LogP contribution in [0.1, 0.15) is 27.0 Å². The van der Waals surface area contributed by atoms with Crippen molar-refractivity contribution in [2.24, 2.45) is 0 Å². The molecule has 0 saturated carbocycles. The molecule has 0 aliphatic carbocycles. The van der Waals surface area contributed by atoms with Crippen LogP contribution in [0.4, 0.5) is 0 Å². The number of rotatable bonds is 4. The maximum Gasteiger partial charge on any atom is 0.232 e. The molecule has 0 amide bonds. The van der Waals surface area contributed by atoms with Gasteiger partial charge in [-0.2, -0.15) is 0 Å². The second kappa shape index (κ2) is 7.82. The highest BCUT2D eigenvalue weighted by molar-refractivity contribution is 9.10. The summed E-state index contributed by atoms with van der Waals surface area (Å²) in [6, 6.07) is 18.8. The van der Waals surface area contributed by atoms with Gasteiger partial charge in [-0.3, -0.25) is 4.79 Å². The minimum Gasteiger partial charge on any atom is -0.489 e. The number of Topliss-reactive ketones (excluding diaryl/α,β-unsaturated/α-hetero) is 1. The van der Waals surface area contributed by atoms with Crippen LogP contribution < -0.4 is 9.47 Å². The lowest BCUT2D eigenvalue weighted by Gasteiger charge is -2.09. The summed E-state index contributed by atoms with van der Waals surface area (Å²) in [5, 5.41) is 0.669. The molecule has 0 saturated heterocycles. The Morgan fingerprint density at radius 1 is 1.11 bits per heavy atom. The molecule has 3 aromatic carbocycles. The van der Waals surface area contributed by atoms with E-state index in [1.807, 2.05) is 61.5 Å². The zero-order valence-corrected chi connectivity index (χ0v) is 17.4. The number of halogens is 2. The number of ketones is 1. The fourth-order valence-corrected chi connectivity index (χ4v) is 3.70. The number of hydrogen-bond donors (Lipinski definition) is 0. The van der Waals surface area contributed by atoms with Crippen LogP contribution in [-0.2, 0) is 6.61 Å². The third-order valence-corrected chi connectivity index (χ3v) is 5.39. The fraction of sp³-hybridized carbons (Fsp3) is 0.0870. The van der Waals surface area contributed by atoms with Gasteiger partial charge in [0.2, 0.25) is 5.78 Å². The van der Waals surface area contributed by atoms with E-state index in [1.54, 1.807) is 12.1 Å². The second-order valence-corrected chi connectivity index (χ2v) is 7.78. The van der Waals surface area contributed by atoms with Crippen LogP contribution in [0.3, 0.4) is 0 Å². The van der Waals surface area contributed by atoms with Gasteiger partial charge in [0, 0.05) is 15.6 Å². The van der Waals surface area contributed by atoms with Crippen molar-refractivity contribution in [3.8, 4) is 11.5 Å². The van der Waals surface area contributed by atoms with E-state index in [-0.39, 0.29) is 5.78 Å². The molecule has 0 atom stereocenters. The second-order valence-electron chi connectivity index (χ2n) is 6.49. The molecule has 5 heteroatoms. The van der Waals surface area contributed by atoms with Gasteiger partial charge in [-0.25, -0.2) is 0 Å². The van der Waals surface area contributed by atoms with E-state index in [9.17, 15) is 4.79 Å². The summed E-state index contributed by atoms with van der Waals surface area (Å²) in [4.78, 5) is 12.8. The quantitative estimate of drug-likeness (QED) is 0.415. The Kier molecular flexibility index (Phi) is 5.25. The van der Waals surface area contributed by atoms with Crippen LogP contribution in [0.25, 0.3) is 6.08 Å². The average molecular weight is 456 g/mol. The van der Waals surface area contributed by atoms with E-state index in [2.05, 4.69) is 15.9 Å². The molecule has 0 spiro atoms. The smallest absolute Gasteiger partial charge is 0.232 e. The maximum absolute atomic E-state index is 12.8. The number of ether oxygens (including phenoxy) is 2. The van der Waals surface area contributed by atoms with Crippen molar-refractivity contribution in [2.75, 3.05) is 0 Å². The van der Waals surface area contributed by atoms with E-state index in [1.165, 1.54) is 0 Å². The monoisotopic (exact) mass is 454 g/mol. The molecule has 0 fully saturated rings. The zero-order valence-electron chi connectivity index (χ0n) is 15.0. The van der Waals surface area contributed by atoms with Gasteiger partial charge in [-0.1, -0.05) is 57.9 Å². The Balaban J connectivity index is 1.58. The molecule has 0 N–H and O–H groups in total. The molecule has 0 radical (unpaired) electrons. The number of benzene rings is 3. The number of hydrogen-bond acceptors (Lipinski definition) is 3. The molecule has 28 heavy (non-hydrogen) atoms. The van der Waals surface area contributed by atoms with Crippen molar-refractivity contribution in [2.45, 2.75) is 13.5 Å². The first-order chi connectivity index (χ1) is 13.5. The van der Waals surface area contributed by atoms with Gasteiger partial charge in [-0.05, 0) is 54.0 Å². The van der Waals surface area contributed by atoms with Crippen molar-refractivity contribution in [1.29, 1.82) is 0 Å². The summed E-state index contributed by atoms with van der Waals surface area (Å²) in [6.45, 7) is 2.26. The van der Waals surface area contributed by atoms with E-state index >= 15 is 0 Å². The lowest BCUT2D eigenvalue weighted by Crippen LogP contribution is -2.00. The summed E-state index contributed by atoms with van der Waals surface area (Å²) in [5.74, 6) is 1.34. The molecule has 0 unspecified atom stereocenters. The topological polar surface area (TPSA) is 35.5 Å². The summed E-state index contributed by atoms with van der Waals surface area (Å²) >= 11 is 9.51. The molecule has 1 aliphatic rings. The van der Waals surface area contributed by atoms with Crippen LogP contribution in [0, 0.1) is 6.92 Å². The van der Waals surface area contributed by atoms with E-state index < -0.39 is 0 Å². The Labute approximate surface area is 176 Å². The summed E-state index contributed by atoms with van der Waals surface area (Å²) in [5.41, 5.74) is 3.25. The highest BCUT2D eigenvalue weighted by Gasteiger charge is 2.30. The summed E-state index contributed by atoms with van der Waals surface area (Å²) in [7, 11) is 0. The van der Waals surface area contributed by atoms with Gasteiger partial charge < -0.3 is 9.47 Å². The highest BCUT2D eigenvalue weighted by atomic mass is 79.9. The van der Waals surface area contributed by atoms with Gasteiger partial charge in [0.25, 0.3) is 0 Å². The number of allylic oxidation sites excluding steroid dienone is 1. The van der Waals surface area contributed by atoms with Gasteiger partial charge >= 0.3 is 0 Å². The normalized spacial score (nSPS) is 14.1. The number of aryl methyl sites for hydroxylation is 1. The van der Waals surface area contributed by atoms with Crippen molar-refractivity contribution in [3.63, 3.8) is 0 Å². The van der Waals surface area contributed by atoms with Crippen molar-refractivity contribution in [3.05, 3.63) is 98.2 Å². The van der Waals surface area contributed by atoms with Gasteiger partial charge in [0.1, 0.15) is 18.1 Å². The van der Waals surface area contributed by atoms with E-state index in [0.717, 1.165) is 21.2 Å². The van der Waals surface area contributed by atoms with Crippen molar-refractivity contribution >= 4 is 39.4 Å². The maximum atomic E-state index is 12.8. The molecule has 140 valence electrons. The number of carbonyl (C=O) groups excluding carboxylic acids is 1. The van der Waals surface area contributed by atoms with Crippen LogP contribution in [0.2, 0.25) is 5.02 Å². The summed E-state index contributed by atoms with van der Waals surface area (Å²) < 4.78 is 12.6. The first-order valence-electron chi connectivity index (χ1n) is 8.72. The lowest BCUT2D eigenvalue weighted by molar-refractivity contribution is 0.101. The fourth-order valence-electron chi connectivity index (χ4n) is 3.09. The van der Waals surface area contributed by atoms with E-state index in [4.69, 9.17) is 21.1 Å². The summed E-state index contributed by atoms with van der Waals surface area (Å²) in [6.07, 6.45) is 1.75. The average Bonchev–Trinajstić information content (AvgIpc) is 2.98. The molecule has 4 rings (SSSR count). The minimum atomic E-state index is -0.121. The Hall–Kier alpha value is -2.56. The van der Waals surface area contributed by atoms with Crippen molar-refractivity contribution < 1.29 is 14.3 Å². The number of carbonyl (C=O) groups is 1. The predicted molar refractivity (Wildman–Crippen MR) is 114 cm³/mol. The van der Waals surface area contributed by atoms with Crippen molar-refractivity contribution in [1.82, 2.24) is 0 Å². The van der Waals surface area contributed by atoms with Crippen LogP contribution in [-0.4, -0.2) is 5.78 Å². The molecular formula is C23H16BrClO3. The third kappa shape index (κ3) is 3.84. The highest BCUT2D eigenvalue weighted by Crippen LogP contribution is 2.38. The molecular weight excluding hydrogens is 440 g/mol. The first kappa shape index (κ1) is 18.8. The Morgan fingerprint density at radius 3 is 2.71 bits per heavy atom. The predicted octanol–water partition coefficient (Wildman–Crippen LogP) is 6.61. The first-order valence-corrected chi connectivity index (χ1v) is 9.89.